The molecule has 0 saturated heterocycles. The van der Waals surface area contributed by atoms with E-state index in [0.29, 0.717) is 0 Å². The standard InChI is InChI=1S/C16H24BrNO2/c1-4-5-11-18(12-10-17)16(19)14-6-8-15(9-7-14)20-13(2)3/h6-9,13H,4-5,10-12H2,1-3H3. The summed E-state index contributed by atoms with van der Waals surface area (Å²) in [4.78, 5) is 14.3. The molecule has 0 aliphatic carbocycles. The van der Waals surface area contributed by atoms with Crippen molar-refractivity contribution in [3.8, 4) is 5.75 Å². The molecular formula is C16H24BrNO2. The maximum atomic E-state index is 12.4. The molecule has 0 fully saturated rings. The second-order valence-corrected chi connectivity index (χ2v) is 5.82. The molecule has 0 N–H and O–H groups in total. The van der Waals surface area contributed by atoms with Crippen molar-refractivity contribution < 1.29 is 9.53 Å². The molecule has 1 amide bonds. The van der Waals surface area contributed by atoms with Crippen LogP contribution in [0.4, 0.5) is 0 Å². The van der Waals surface area contributed by atoms with Gasteiger partial charge in [0.1, 0.15) is 5.75 Å². The van der Waals surface area contributed by atoms with Crippen molar-refractivity contribution in [1.29, 1.82) is 0 Å². The summed E-state index contributed by atoms with van der Waals surface area (Å²) in [6.45, 7) is 7.66. The quantitative estimate of drug-likeness (QED) is 0.666. The van der Waals surface area contributed by atoms with Crippen LogP contribution in [0, 0.1) is 0 Å². The third-order valence-corrected chi connectivity index (χ3v) is 3.25. The molecule has 0 aliphatic heterocycles. The molecule has 1 aromatic carbocycles. The minimum absolute atomic E-state index is 0.0917. The zero-order valence-corrected chi connectivity index (χ0v) is 14.1. The fourth-order valence-electron chi connectivity index (χ4n) is 1.90. The largest absolute Gasteiger partial charge is 0.491 e. The molecule has 112 valence electrons. The third kappa shape index (κ3) is 5.53. The van der Waals surface area contributed by atoms with Crippen LogP contribution >= 0.6 is 15.9 Å². The van der Waals surface area contributed by atoms with Gasteiger partial charge in [0, 0.05) is 24.0 Å². The predicted molar refractivity (Wildman–Crippen MR) is 86.8 cm³/mol. The van der Waals surface area contributed by atoms with Gasteiger partial charge in [-0.05, 0) is 44.5 Å². The molecule has 20 heavy (non-hydrogen) atoms. The van der Waals surface area contributed by atoms with Crippen LogP contribution in [-0.2, 0) is 0 Å². The highest BCUT2D eigenvalue weighted by molar-refractivity contribution is 9.09. The molecular weight excluding hydrogens is 318 g/mol. The van der Waals surface area contributed by atoms with Crippen LogP contribution in [0.1, 0.15) is 44.0 Å². The van der Waals surface area contributed by atoms with Crippen molar-refractivity contribution >= 4 is 21.8 Å². The highest BCUT2D eigenvalue weighted by atomic mass is 79.9. The summed E-state index contributed by atoms with van der Waals surface area (Å²) in [6, 6.07) is 7.40. The molecule has 0 aliphatic rings. The van der Waals surface area contributed by atoms with E-state index in [4.69, 9.17) is 4.74 Å². The van der Waals surface area contributed by atoms with E-state index in [1.807, 2.05) is 43.0 Å². The highest BCUT2D eigenvalue weighted by Crippen LogP contribution is 2.15. The summed E-state index contributed by atoms with van der Waals surface area (Å²) in [6.07, 6.45) is 2.27. The number of hydrogen-bond acceptors (Lipinski definition) is 2. The first-order valence-electron chi connectivity index (χ1n) is 7.20. The molecule has 0 spiro atoms. The Hall–Kier alpha value is -1.03. The lowest BCUT2D eigenvalue weighted by Gasteiger charge is -2.21. The molecule has 0 atom stereocenters. The van der Waals surface area contributed by atoms with Gasteiger partial charge in [-0.25, -0.2) is 0 Å². The van der Waals surface area contributed by atoms with E-state index >= 15 is 0 Å². The maximum Gasteiger partial charge on any atom is 0.253 e. The lowest BCUT2D eigenvalue weighted by molar-refractivity contribution is 0.0764. The van der Waals surface area contributed by atoms with Gasteiger partial charge >= 0.3 is 0 Å². The summed E-state index contributed by atoms with van der Waals surface area (Å²) in [5, 5.41) is 0.803. The van der Waals surface area contributed by atoms with E-state index < -0.39 is 0 Å². The van der Waals surface area contributed by atoms with Gasteiger partial charge in [-0.2, -0.15) is 0 Å². The van der Waals surface area contributed by atoms with E-state index in [-0.39, 0.29) is 12.0 Å². The van der Waals surface area contributed by atoms with Gasteiger partial charge in [0.15, 0.2) is 0 Å². The van der Waals surface area contributed by atoms with Crippen LogP contribution in [0.2, 0.25) is 0 Å². The zero-order valence-electron chi connectivity index (χ0n) is 12.6. The summed E-state index contributed by atoms with van der Waals surface area (Å²) in [7, 11) is 0. The topological polar surface area (TPSA) is 29.5 Å². The number of nitrogens with zero attached hydrogens (tertiary/aromatic N) is 1. The number of hydrogen-bond donors (Lipinski definition) is 0. The van der Waals surface area contributed by atoms with E-state index in [1.54, 1.807) is 0 Å². The van der Waals surface area contributed by atoms with Crippen LogP contribution in [0.5, 0.6) is 5.75 Å². The van der Waals surface area contributed by atoms with Crippen molar-refractivity contribution in [1.82, 2.24) is 4.90 Å². The Morgan fingerprint density at radius 2 is 1.90 bits per heavy atom. The second kappa shape index (κ2) is 9.01. The van der Waals surface area contributed by atoms with Gasteiger partial charge in [0.05, 0.1) is 6.10 Å². The lowest BCUT2D eigenvalue weighted by Crippen LogP contribution is -2.33. The molecule has 1 aromatic rings. The maximum absolute atomic E-state index is 12.4. The minimum atomic E-state index is 0.0917. The van der Waals surface area contributed by atoms with Gasteiger partial charge in [0.2, 0.25) is 0 Å². The van der Waals surface area contributed by atoms with E-state index in [2.05, 4.69) is 22.9 Å². The van der Waals surface area contributed by atoms with E-state index in [0.717, 1.165) is 42.6 Å². The number of ether oxygens (including phenoxy) is 1. The number of rotatable bonds is 8. The second-order valence-electron chi connectivity index (χ2n) is 5.03. The van der Waals surface area contributed by atoms with Crippen molar-refractivity contribution in [3.05, 3.63) is 29.8 Å². The fraction of sp³-hybridized carbons (Fsp3) is 0.562. The van der Waals surface area contributed by atoms with Crippen LogP contribution in [0.3, 0.4) is 0 Å². The molecule has 0 heterocycles. The molecule has 0 bridgehead atoms. The van der Waals surface area contributed by atoms with Gasteiger partial charge in [0.25, 0.3) is 5.91 Å². The van der Waals surface area contributed by atoms with Gasteiger partial charge in [-0.1, -0.05) is 29.3 Å². The van der Waals surface area contributed by atoms with Gasteiger partial charge < -0.3 is 9.64 Å². The Balaban J connectivity index is 2.72. The van der Waals surface area contributed by atoms with E-state index in [9.17, 15) is 4.79 Å². The number of unbranched alkanes of at least 4 members (excludes halogenated alkanes) is 1. The summed E-state index contributed by atoms with van der Waals surface area (Å²) in [5.74, 6) is 0.895. The van der Waals surface area contributed by atoms with Crippen molar-refractivity contribution in [2.75, 3.05) is 18.4 Å². The smallest absolute Gasteiger partial charge is 0.253 e. The van der Waals surface area contributed by atoms with Crippen molar-refractivity contribution in [2.45, 2.75) is 39.7 Å². The van der Waals surface area contributed by atoms with E-state index in [1.165, 1.54) is 0 Å². The Labute approximate surface area is 130 Å². The van der Waals surface area contributed by atoms with Crippen molar-refractivity contribution in [2.24, 2.45) is 0 Å². The fourth-order valence-corrected chi connectivity index (χ4v) is 2.32. The number of amides is 1. The van der Waals surface area contributed by atoms with Crippen LogP contribution in [0.25, 0.3) is 0 Å². The number of benzene rings is 1. The number of carbonyl (C=O) groups is 1. The molecule has 0 aromatic heterocycles. The normalized spacial score (nSPS) is 10.7. The predicted octanol–water partition coefficient (Wildman–Crippen LogP) is 4.11. The monoisotopic (exact) mass is 341 g/mol. The first-order valence-corrected chi connectivity index (χ1v) is 8.32. The number of carbonyl (C=O) groups excluding carboxylic acids is 1. The van der Waals surface area contributed by atoms with Gasteiger partial charge in [-0.15, -0.1) is 0 Å². The molecule has 0 saturated carbocycles. The minimum Gasteiger partial charge on any atom is -0.491 e. The lowest BCUT2D eigenvalue weighted by atomic mass is 10.2. The van der Waals surface area contributed by atoms with Crippen LogP contribution in [0.15, 0.2) is 24.3 Å². The highest BCUT2D eigenvalue weighted by Gasteiger charge is 2.14. The Morgan fingerprint density at radius 1 is 1.25 bits per heavy atom. The Kier molecular flexibility index (Phi) is 7.67. The average Bonchev–Trinajstić information content (AvgIpc) is 2.43. The molecule has 4 heteroatoms. The van der Waals surface area contributed by atoms with Crippen molar-refractivity contribution in [3.63, 3.8) is 0 Å². The summed E-state index contributed by atoms with van der Waals surface area (Å²) < 4.78 is 5.59. The first kappa shape index (κ1) is 17.0. The summed E-state index contributed by atoms with van der Waals surface area (Å²) >= 11 is 3.41. The third-order valence-electron chi connectivity index (χ3n) is 2.90. The molecule has 0 unspecified atom stereocenters. The average molecular weight is 342 g/mol. The Bertz CT molecular complexity index is 403. The molecule has 1 rings (SSSR count). The first-order chi connectivity index (χ1) is 9.58. The SMILES string of the molecule is CCCCN(CCBr)C(=O)c1ccc(OC(C)C)cc1. The number of halogens is 1. The molecule has 0 radical (unpaired) electrons. The Morgan fingerprint density at radius 3 is 2.40 bits per heavy atom. The van der Waals surface area contributed by atoms with Crippen LogP contribution in [-0.4, -0.2) is 35.3 Å². The van der Waals surface area contributed by atoms with Gasteiger partial charge in [-0.3, -0.25) is 4.79 Å². The summed E-state index contributed by atoms with van der Waals surface area (Å²) in [5.41, 5.74) is 0.721. The van der Waals surface area contributed by atoms with Crippen LogP contribution < -0.4 is 4.74 Å². The molecule has 3 nitrogen and oxygen atoms in total. The number of alkyl halides is 1. The zero-order chi connectivity index (χ0) is 15.0.